The van der Waals surface area contributed by atoms with E-state index in [0.717, 1.165) is 12.8 Å². The maximum absolute atomic E-state index is 12.6. The summed E-state index contributed by atoms with van der Waals surface area (Å²) in [5, 5.41) is 2.78. The number of carbonyl (C=O) groups excluding carboxylic acids is 1. The highest BCUT2D eigenvalue weighted by Gasteiger charge is 2.16. The Balaban J connectivity index is 2.13. The molecule has 0 heterocycles. The van der Waals surface area contributed by atoms with Crippen LogP contribution in [0.4, 0.5) is 5.69 Å². The van der Waals surface area contributed by atoms with Crippen LogP contribution in [0.15, 0.2) is 53.4 Å². The maximum Gasteiger partial charge on any atom is 0.261 e. The predicted octanol–water partition coefficient (Wildman–Crippen LogP) is 3.42. The van der Waals surface area contributed by atoms with Crippen molar-refractivity contribution in [1.82, 2.24) is 5.32 Å². The van der Waals surface area contributed by atoms with E-state index < -0.39 is 10.0 Å². The summed E-state index contributed by atoms with van der Waals surface area (Å²) in [5.74, 6) is 0.387. The molecule has 2 rings (SSSR count). The Morgan fingerprint density at radius 3 is 2.46 bits per heavy atom. The normalized spacial score (nSPS) is 11.0. The van der Waals surface area contributed by atoms with Gasteiger partial charge in [0.2, 0.25) is 0 Å². The molecule has 26 heavy (non-hydrogen) atoms. The molecule has 0 aliphatic heterocycles. The molecular weight excluding hydrogens is 352 g/mol. The van der Waals surface area contributed by atoms with Crippen LogP contribution < -0.4 is 14.8 Å². The Labute approximate surface area is 154 Å². The summed E-state index contributed by atoms with van der Waals surface area (Å²) in [5.41, 5.74) is 0.738. The molecule has 140 valence electrons. The third-order valence-electron chi connectivity index (χ3n) is 3.64. The Kier molecular flexibility index (Phi) is 7.03. The van der Waals surface area contributed by atoms with Crippen LogP contribution in [0.25, 0.3) is 0 Å². The minimum absolute atomic E-state index is 0.0366. The Morgan fingerprint density at radius 1 is 1.08 bits per heavy atom. The van der Waals surface area contributed by atoms with Crippen molar-refractivity contribution in [1.29, 1.82) is 0 Å². The third kappa shape index (κ3) is 5.49. The van der Waals surface area contributed by atoms with Gasteiger partial charge >= 0.3 is 0 Å². The molecule has 0 aliphatic carbocycles. The zero-order valence-corrected chi connectivity index (χ0v) is 15.8. The van der Waals surface area contributed by atoms with Crippen molar-refractivity contribution >= 4 is 21.6 Å². The Bertz CT molecular complexity index is 833. The highest BCUT2D eigenvalue weighted by Crippen LogP contribution is 2.20. The van der Waals surface area contributed by atoms with Crippen molar-refractivity contribution in [2.24, 2.45) is 0 Å². The van der Waals surface area contributed by atoms with Crippen molar-refractivity contribution in [2.75, 3.05) is 17.9 Å². The molecule has 0 bridgehead atoms. The number of anilines is 1. The Morgan fingerprint density at radius 2 is 1.81 bits per heavy atom. The van der Waals surface area contributed by atoms with Gasteiger partial charge in [0.25, 0.3) is 15.9 Å². The Hall–Kier alpha value is -2.54. The number of benzene rings is 2. The number of hydrogen-bond donors (Lipinski definition) is 2. The lowest BCUT2D eigenvalue weighted by molar-refractivity contribution is 0.0953. The third-order valence-corrected chi connectivity index (χ3v) is 5.02. The maximum atomic E-state index is 12.6. The van der Waals surface area contributed by atoms with E-state index in [-0.39, 0.29) is 10.8 Å². The fraction of sp³-hybridized carbons (Fsp3) is 0.316. The van der Waals surface area contributed by atoms with Crippen LogP contribution in [-0.2, 0) is 10.0 Å². The summed E-state index contributed by atoms with van der Waals surface area (Å²) in [6.07, 6.45) is 1.85. The molecule has 0 unspecified atom stereocenters. The van der Waals surface area contributed by atoms with E-state index in [1.54, 1.807) is 36.4 Å². The summed E-state index contributed by atoms with van der Waals surface area (Å²) in [6, 6.07) is 12.6. The average Bonchev–Trinajstić information content (AvgIpc) is 2.63. The summed E-state index contributed by atoms with van der Waals surface area (Å²) >= 11 is 0. The minimum Gasteiger partial charge on any atom is -0.494 e. The first kappa shape index (κ1) is 19.8. The van der Waals surface area contributed by atoms with Gasteiger partial charge in [-0.25, -0.2) is 8.42 Å². The van der Waals surface area contributed by atoms with Crippen molar-refractivity contribution < 1.29 is 17.9 Å². The van der Waals surface area contributed by atoms with Crippen LogP contribution in [-0.4, -0.2) is 27.5 Å². The van der Waals surface area contributed by atoms with Gasteiger partial charge in [0.05, 0.1) is 11.5 Å². The van der Waals surface area contributed by atoms with E-state index >= 15 is 0 Å². The number of rotatable bonds is 9. The van der Waals surface area contributed by atoms with Gasteiger partial charge in [-0.1, -0.05) is 19.4 Å². The second kappa shape index (κ2) is 9.24. The van der Waals surface area contributed by atoms with Crippen LogP contribution in [0, 0.1) is 0 Å². The zero-order valence-electron chi connectivity index (χ0n) is 15.0. The molecule has 0 radical (unpaired) electrons. The lowest BCUT2D eigenvalue weighted by atomic mass is 10.2. The smallest absolute Gasteiger partial charge is 0.261 e. The van der Waals surface area contributed by atoms with E-state index in [1.165, 1.54) is 12.1 Å². The van der Waals surface area contributed by atoms with Gasteiger partial charge in [0.15, 0.2) is 0 Å². The second-order valence-electron chi connectivity index (χ2n) is 5.70. The summed E-state index contributed by atoms with van der Waals surface area (Å²) < 4.78 is 33.0. The SMILES string of the molecule is CCCCNC(=O)c1cccc(S(=O)(=O)Nc2ccc(OCC)cc2)c1. The lowest BCUT2D eigenvalue weighted by Crippen LogP contribution is -2.24. The van der Waals surface area contributed by atoms with Gasteiger partial charge in [0.1, 0.15) is 5.75 Å². The lowest BCUT2D eigenvalue weighted by Gasteiger charge is -2.10. The molecule has 0 aromatic heterocycles. The number of amides is 1. The van der Waals surface area contributed by atoms with Crippen LogP contribution in [0.5, 0.6) is 5.75 Å². The number of sulfonamides is 1. The fourth-order valence-corrected chi connectivity index (χ4v) is 3.39. The fourth-order valence-electron chi connectivity index (χ4n) is 2.29. The van der Waals surface area contributed by atoms with Gasteiger partial charge in [-0.15, -0.1) is 0 Å². The molecule has 0 spiro atoms. The zero-order chi connectivity index (χ0) is 19.0. The van der Waals surface area contributed by atoms with E-state index in [9.17, 15) is 13.2 Å². The van der Waals surface area contributed by atoms with Crippen molar-refractivity contribution in [3.8, 4) is 5.75 Å². The number of hydrogen-bond acceptors (Lipinski definition) is 4. The first-order chi connectivity index (χ1) is 12.5. The highest BCUT2D eigenvalue weighted by molar-refractivity contribution is 7.92. The first-order valence-corrected chi connectivity index (χ1v) is 10.1. The van der Waals surface area contributed by atoms with Crippen molar-refractivity contribution in [3.05, 3.63) is 54.1 Å². The molecule has 0 fully saturated rings. The molecule has 6 nitrogen and oxygen atoms in total. The molecular formula is C19H24N2O4S. The van der Waals surface area contributed by atoms with E-state index in [4.69, 9.17) is 4.74 Å². The van der Waals surface area contributed by atoms with Gasteiger partial charge in [-0.3, -0.25) is 9.52 Å². The second-order valence-corrected chi connectivity index (χ2v) is 7.38. The van der Waals surface area contributed by atoms with Gasteiger partial charge in [-0.05, 0) is 55.8 Å². The van der Waals surface area contributed by atoms with Gasteiger partial charge in [0, 0.05) is 17.8 Å². The summed E-state index contributed by atoms with van der Waals surface area (Å²) in [7, 11) is -3.79. The van der Waals surface area contributed by atoms with Crippen LogP contribution in [0.3, 0.4) is 0 Å². The average molecular weight is 376 g/mol. The van der Waals surface area contributed by atoms with Gasteiger partial charge < -0.3 is 10.1 Å². The summed E-state index contributed by atoms with van der Waals surface area (Å²) in [4.78, 5) is 12.2. The first-order valence-electron chi connectivity index (χ1n) is 8.60. The van der Waals surface area contributed by atoms with Crippen LogP contribution >= 0.6 is 0 Å². The van der Waals surface area contributed by atoms with Crippen LogP contribution in [0.1, 0.15) is 37.0 Å². The summed E-state index contributed by atoms with van der Waals surface area (Å²) in [6.45, 7) is 5.02. The van der Waals surface area contributed by atoms with E-state index in [1.807, 2.05) is 13.8 Å². The largest absolute Gasteiger partial charge is 0.494 e. The predicted molar refractivity (Wildman–Crippen MR) is 102 cm³/mol. The van der Waals surface area contributed by atoms with Crippen LogP contribution in [0.2, 0.25) is 0 Å². The molecule has 0 aliphatic rings. The number of nitrogens with one attached hydrogen (secondary N) is 2. The quantitative estimate of drug-likeness (QED) is 0.657. The minimum atomic E-state index is -3.79. The number of ether oxygens (including phenoxy) is 1. The molecule has 2 aromatic carbocycles. The molecule has 2 N–H and O–H groups in total. The molecule has 0 atom stereocenters. The number of unbranched alkanes of at least 4 members (excludes halogenated alkanes) is 1. The van der Waals surface area contributed by atoms with Gasteiger partial charge in [-0.2, -0.15) is 0 Å². The molecule has 1 amide bonds. The molecule has 0 saturated carbocycles. The topological polar surface area (TPSA) is 84.5 Å². The van der Waals surface area contributed by atoms with E-state index in [0.29, 0.717) is 30.2 Å². The monoisotopic (exact) mass is 376 g/mol. The highest BCUT2D eigenvalue weighted by atomic mass is 32.2. The van der Waals surface area contributed by atoms with Crippen molar-refractivity contribution in [3.63, 3.8) is 0 Å². The molecule has 0 saturated heterocycles. The van der Waals surface area contributed by atoms with Crippen molar-refractivity contribution in [2.45, 2.75) is 31.6 Å². The number of carbonyl (C=O) groups is 1. The standard InChI is InChI=1S/C19H24N2O4S/c1-3-5-13-20-19(22)15-7-6-8-18(14-15)26(23,24)21-16-9-11-17(12-10-16)25-4-2/h6-12,14,21H,3-5,13H2,1-2H3,(H,20,22). The van der Waals surface area contributed by atoms with E-state index in [2.05, 4.69) is 10.0 Å². The molecule has 2 aromatic rings. The molecule has 7 heteroatoms.